The minimum atomic E-state index is 0.0949. The molecule has 1 aliphatic rings. The quantitative estimate of drug-likeness (QED) is 0.841. The summed E-state index contributed by atoms with van der Waals surface area (Å²) in [6, 6.07) is 0. The molecule has 1 aromatic heterocycles. The fraction of sp³-hybridized carbons (Fsp3) is 0.769. The van der Waals surface area contributed by atoms with Gasteiger partial charge in [-0.25, -0.2) is 0 Å². The molecule has 0 aliphatic carbocycles. The molecule has 1 aromatic rings. The third kappa shape index (κ3) is 3.51. The molecule has 0 saturated carbocycles. The first kappa shape index (κ1) is 14.4. The van der Waals surface area contributed by atoms with E-state index in [1.807, 2.05) is 13.8 Å². The van der Waals surface area contributed by atoms with Crippen LogP contribution in [0.4, 0.5) is 10.8 Å². The normalized spacial score (nSPS) is 22.9. The highest BCUT2D eigenvalue weighted by molar-refractivity contribution is 7.11. The van der Waals surface area contributed by atoms with Crippen molar-refractivity contribution in [2.24, 2.45) is 5.92 Å². The van der Waals surface area contributed by atoms with E-state index in [9.17, 15) is 0 Å². The molecule has 0 bridgehead atoms. The van der Waals surface area contributed by atoms with Gasteiger partial charge in [0.25, 0.3) is 0 Å². The van der Waals surface area contributed by atoms with Crippen LogP contribution >= 0.6 is 11.5 Å². The highest BCUT2D eigenvalue weighted by Gasteiger charge is 2.27. The number of ether oxygens (including phenoxy) is 2. The highest BCUT2D eigenvalue weighted by atomic mass is 32.1. The molecule has 2 heterocycles. The maximum absolute atomic E-state index is 5.84. The van der Waals surface area contributed by atoms with E-state index in [1.54, 1.807) is 0 Å². The van der Waals surface area contributed by atoms with Crippen LogP contribution in [-0.4, -0.2) is 29.7 Å². The zero-order valence-corrected chi connectivity index (χ0v) is 12.6. The molecule has 1 aliphatic heterocycles. The van der Waals surface area contributed by atoms with Crippen LogP contribution < -0.4 is 15.8 Å². The van der Waals surface area contributed by atoms with Crippen molar-refractivity contribution < 1.29 is 9.47 Å². The summed E-state index contributed by atoms with van der Waals surface area (Å²) < 4.78 is 15.6. The summed E-state index contributed by atoms with van der Waals surface area (Å²) in [6.45, 7) is 7.89. The van der Waals surface area contributed by atoms with Gasteiger partial charge in [0.1, 0.15) is 0 Å². The number of hydrogen-bond donors (Lipinski definition) is 2. The Morgan fingerprint density at radius 1 is 1.58 bits per heavy atom. The number of anilines is 2. The minimum absolute atomic E-state index is 0.0949. The van der Waals surface area contributed by atoms with Gasteiger partial charge in [-0.1, -0.05) is 6.92 Å². The van der Waals surface area contributed by atoms with E-state index in [2.05, 4.69) is 16.6 Å². The van der Waals surface area contributed by atoms with Gasteiger partial charge in [-0.05, 0) is 38.2 Å². The molecule has 1 saturated heterocycles. The molecule has 19 heavy (non-hydrogen) atoms. The smallest absolute Gasteiger partial charge is 0.197 e. The fourth-order valence-electron chi connectivity index (χ4n) is 2.36. The summed E-state index contributed by atoms with van der Waals surface area (Å²) in [7, 11) is 0. The lowest BCUT2D eigenvalue weighted by molar-refractivity contribution is 0.0900. The molecule has 5 nitrogen and oxygen atoms in total. The number of nitrogens with two attached hydrogens (primary N) is 1. The molecule has 2 atom stereocenters. The van der Waals surface area contributed by atoms with Crippen LogP contribution in [0, 0.1) is 5.92 Å². The second-order valence-corrected chi connectivity index (χ2v) is 5.91. The molecule has 0 spiro atoms. The van der Waals surface area contributed by atoms with Crippen LogP contribution in [0.1, 0.15) is 33.6 Å². The van der Waals surface area contributed by atoms with Crippen molar-refractivity contribution in [2.45, 2.75) is 45.8 Å². The van der Waals surface area contributed by atoms with Crippen molar-refractivity contribution in [1.29, 1.82) is 0 Å². The first-order chi connectivity index (χ1) is 9.11. The zero-order chi connectivity index (χ0) is 13.8. The van der Waals surface area contributed by atoms with Gasteiger partial charge in [0.05, 0.1) is 12.2 Å². The van der Waals surface area contributed by atoms with Crippen LogP contribution in [0.3, 0.4) is 0 Å². The molecule has 108 valence electrons. The molecule has 0 amide bonds. The van der Waals surface area contributed by atoms with Crippen LogP contribution in [0.2, 0.25) is 0 Å². The Morgan fingerprint density at radius 2 is 2.37 bits per heavy atom. The summed E-state index contributed by atoms with van der Waals surface area (Å²) in [5, 5.41) is 4.34. The molecule has 3 N–H and O–H groups in total. The summed E-state index contributed by atoms with van der Waals surface area (Å²) >= 11 is 1.36. The van der Waals surface area contributed by atoms with E-state index in [-0.39, 0.29) is 6.10 Å². The molecular weight excluding hydrogens is 262 g/mol. The van der Waals surface area contributed by atoms with E-state index in [0.717, 1.165) is 31.0 Å². The number of aromatic nitrogens is 1. The van der Waals surface area contributed by atoms with E-state index >= 15 is 0 Å². The van der Waals surface area contributed by atoms with Gasteiger partial charge >= 0.3 is 0 Å². The largest absolute Gasteiger partial charge is 0.484 e. The lowest BCUT2D eigenvalue weighted by atomic mass is 10.00. The molecule has 0 radical (unpaired) electrons. The number of hydrogen-bond acceptors (Lipinski definition) is 6. The average Bonchev–Trinajstić information content (AvgIpc) is 2.95. The number of nitrogens with zero attached hydrogens (tertiary/aromatic N) is 1. The maximum Gasteiger partial charge on any atom is 0.197 e. The van der Waals surface area contributed by atoms with Gasteiger partial charge in [0.15, 0.2) is 16.6 Å². The summed E-state index contributed by atoms with van der Waals surface area (Å²) in [6.07, 6.45) is 2.64. The second-order valence-electron chi connectivity index (χ2n) is 5.14. The molecule has 2 rings (SSSR count). The third-order valence-electron chi connectivity index (χ3n) is 3.30. The van der Waals surface area contributed by atoms with Gasteiger partial charge in [-0.2, -0.15) is 4.37 Å². The molecule has 1 fully saturated rings. The second kappa shape index (κ2) is 6.43. The topological polar surface area (TPSA) is 69.4 Å². The first-order valence-corrected chi connectivity index (χ1v) is 7.66. The van der Waals surface area contributed by atoms with Gasteiger partial charge in [0, 0.05) is 19.1 Å². The van der Waals surface area contributed by atoms with Gasteiger partial charge in [-0.3, -0.25) is 0 Å². The van der Waals surface area contributed by atoms with Crippen molar-refractivity contribution in [3.63, 3.8) is 0 Å². The van der Waals surface area contributed by atoms with Crippen molar-refractivity contribution in [1.82, 2.24) is 4.37 Å². The highest BCUT2D eigenvalue weighted by Crippen LogP contribution is 2.36. The lowest BCUT2D eigenvalue weighted by Gasteiger charge is -2.18. The van der Waals surface area contributed by atoms with Crippen LogP contribution in [-0.2, 0) is 4.74 Å². The summed E-state index contributed by atoms with van der Waals surface area (Å²) in [5.74, 6) is 1.71. The SMILES string of the molecule is CCC1OCCC1CNc1snc(N)c1OC(C)C. The molecule has 2 unspecified atom stereocenters. The van der Waals surface area contributed by atoms with Crippen molar-refractivity contribution in [2.75, 3.05) is 24.2 Å². The predicted molar refractivity (Wildman–Crippen MR) is 78.9 cm³/mol. The van der Waals surface area contributed by atoms with Crippen LogP contribution in [0.25, 0.3) is 0 Å². The van der Waals surface area contributed by atoms with E-state index < -0.39 is 0 Å². The lowest BCUT2D eigenvalue weighted by Crippen LogP contribution is -2.22. The Morgan fingerprint density at radius 3 is 3.05 bits per heavy atom. The monoisotopic (exact) mass is 285 g/mol. The minimum Gasteiger partial charge on any atom is -0.484 e. The first-order valence-electron chi connectivity index (χ1n) is 6.89. The Bertz CT molecular complexity index is 409. The summed E-state index contributed by atoms with van der Waals surface area (Å²) in [5.41, 5.74) is 5.84. The third-order valence-corrected chi connectivity index (χ3v) is 4.10. The molecule has 0 aromatic carbocycles. The Balaban J connectivity index is 1.95. The van der Waals surface area contributed by atoms with Crippen molar-refractivity contribution in [3.05, 3.63) is 0 Å². The Labute approximate surface area is 118 Å². The Hall–Kier alpha value is -1.01. The number of rotatable bonds is 6. The summed E-state index contributed by atoms with van der Waals surface area (Å²) in [4.78, 5) is 0. The molecule has 6 heteroatoms. The maximum atomic E-state index is 5.84. The zero-order valence-electron chi connectivity index (χ0n) is 11.8. The van der Waals surface area contributed by atoms with Gasteiger partial charge in [-0.15, -0.1) is 0 Å². The van der Waals surface area contributed by atoms with Crippen LogP contribution in [0.5, 0.6) is 5.75 Å². The predicted octanol–water partition coefficient (Wildman–Crippen LogP) is 2.74. The van der Waals surface area contributed by atoms with Crippen LogP contribution in [0.15, 0.2) is 0 Å². The van der Waals surface area contributed by atoms with Crippen molar-refractivity contribution >= 4 is 22.4 Å². The van der Waals surface area contributed by atoms with E-state index in [1.165, 1.54) is 11.5 Å². The average molecular weight is 285 g/mol. The van der Waals surface area contributed by atoms with Crippen molar-refractivity contribution in [3.8, 4) is 5.75 Å². The molecular formula is C13H23N3O2S. The van der Waals surface area contributed by atoms with E-state index in [4.69, 9.17) is 15.2 Å². The van der Waals surface area contributed by atoms with Gasteiger partial charge < -0.3 is 20.5 Å². The number of nitrogen functional groups attached to an aromatic ring is 1. The Kier molecular flexibility index (Phi) is 4.87. The number of nitrogens with one attached hydrogen (secondary N) is 1. The standard InChI is InChI=1S/C13H23N3O2S/c1-4-10-9(5-6-17-10)7-15-13-11(18-8(2)3)12(14)16-19-13/h8-10,15H,4-7H2,1-3H3,(H2,14,16). The van der Waals surface area contributed by atoms with E-state index in [0.29, 0.717) is 23.6 Å². The fourth-order valence-corrected chi connectivity index (χ4v) is 3.01. The van der Waals surface area contributed by atoms with Gasteiger partial charge in [0.2, 0.25) is 0 Å².